The molecule has 0 amide bonds. The van der Waals surface area contributed by atoms with Crippen molar-refractivity contribution < 1.29 is 18.3 Å². The van der Waals surface area contributed by atoms with Crippen molar-refractivity contribution in [3.8, 4) is 0 Å². The van der Waals surface area contributed by atoms with Gasteiger partial charge in [0.25, 0.3) is 6.43 Å². The molecule has 1 aromatic rings. The minimum atomic E-state index is -2.80. The number of ether oxygens (including phenoxy) is 1. The molecule has 5 nitrogen and oxygen atoms in total. The summed E-state index contributed by atoms with van der Waals surface area (Å²) in [6, 6.07) is 1.29. The topological polar surface area (TPSA) is 91.2 Å². The van der Waals surface area contributed by atoms with Gasteiger partial charge in [0.15, 0.2) is 0 Å². The molecule has 4 N–H and O–H groups in total. The number of esters is 1. The second-order valence-corrected chi connectivity index (χ2v) is 3.55. The number of alkyl halides is 2. The van der Waals surface area contributed by atoms with Crippen molar-refractivity contribution in [2.24, 2.45) is 5.73 Å². The van der Waals surface area contributed by atoms with Gasteiger partial charge in [-0.05, 0) is 13.0 Å². The Kier molecular flexibility index (Phi) is 4.96. The normalized spacial score (nSPS) is 10.7. The van der Waals surface area contributed by atoms with Crippen molar-refractivity contribution in [2.45, 2.75) is 26.3 Å². The van der Waals surface area contributed by atoms with E-state index in [9.17, 15) is 13.6 Å². The Bertz CT molecular complexity index is 439. The molecular weight excluding hydrogens is 244 g/mol. The molecule has 0 saturated heterocycles. The molecule has 100 valence electrons. The van der Waals surface area contributed by atoms with Crippen molar-refractivity contribution in [1.29, 1.82) is 0 Å². The summed E-state index contributed by atoms with van der Waals surface area (Å²) in [5.74, 6) is -0.625. The summed E-state index contributed by atoms with van der Waals surface area (Å²) < 4.78 is 30.4. The zero-order valence-electron chi connectivity index (χ0n) is 9.95. The Hall–Kier alpha value is -1.76. The SMILES string of the molecule is CCOC(=O)Cc1nc(CN)cc(N)c1C(F)F. The number of hydrogen-bond acceptors (Lipinski definition) is 5. The second-order valence-electron chi connectivity index (χ2n) is 3.55. The first-order valence-electron chi connectivity index (χ1n) is 5.41. The van der Waals surface area contributed by atoms with Crippen LogP contribution < -0.4 is 11.5 Å². The maximum absolute atomic E-state index is 12.9. The standard InChI is InChI=1S/C11H15F2N3O2/c1-2-18-9(17)4-8-10(11(12)13)7(15)3-6(5-14)16-8/h3,11H,2,4-5,14H2,1H3,(H2,15,16). The van der Waals surface area contributed by atoms with Gasteiger partial charge >= 0.3 is 5.97 Å². The van der Waals surface area contributed by atoms with Gasteiger partial charge in [-0.15, -0.1) is 0 Å². The predicted octanol–water partition coefficient (Wildman–Crippen LogP) is 1.17. The third-order valence-corrected chi connectivity index (χ3v) is 2.27. The lowest BCUT2D eigenvalue weighted by atomic mass is 10.1. The van der Waals surface area contributed by atoms with E-state index in [1.54, 1.807) is 6.92 Å². The number of anilines is 1. The van der Waals surface area contributed by atoms with E-state index in [4.69, 9.17) is 16.2 Å². The molecule has 0 aliphatic rings. The number of nitrogens with zero attached hydrogens (tertiary/aromatic N) is 1. The summed E-state index contributed by atoms with van der Waals surface area (Å²) in [7, 11) is 0. The van der Waals surface area contributed by atoms with E-state index in [0.29, 0.717) is 5.69 Å². The number of aromatic nitrogens is 1. The third-order valence-electron chi connectivity index (χ3n) is 2.27. The van der Waals surface area contributed by atoms with E-state index < -0.39 is 18.0 Å². The van der Waals surface area contributed by atoms with Crippen LogP contribution in [0, 0.1) is 0 Å². The van der Waals surface area contributed by atoms with E-state index in [2.05, 4.69) is 4.98 Å². The highest BCUT2D eigenvalue weighted by Crippen LogP contribution is 2.28. The Morgan fingerprint density at radius 2 is 2.22 bits per heavy atom. The highest BCUT2D eigenvalue weighted by Gasteiger charge is 2.21. The number of pyridine rings is 1. The van der Waals surface area contributed by atoms with Gasteiger partial charge in [0.2, 0.25) is 0 Å². The first-order valence-corrected chi connectivity index (χ1v) is 5.41. The molecule has 18 heavy (non-hydrogen) atoms. The summed E-state index contributed by atoms with van der Waals surface area (Å²) in [6.07, 6.45) is -3.14. The number of nitrogen functional groups attached to an aromatic ring is 1. The summed E-state index contributed by atoms with van der Waals surface area (Å²) in [4.78, 5) is 15.2. The molecule has 0 fully saturated rings. The van der Waals surface area contributed by atoms with E-state index in [0.717, 1.165) is 0 Å². The highest BCUT2D eigenvalue weighted by atomic mass is 19.3. The molecule has 0 aliphatic heterocycles. The summed E-state index contributed by atoms with van der Waals surface area (Å²) in [5, 5.41) is 0. The minimum Gasteiger partial charge on any atom is -0.466 e. The van der Waals surface area contributed by atoms with Crippen LogP contribution in [0.5, 0.6) is 0 Å². The Balaban J connectivity index is 3.13. The fourth-order valence-electron chi connectivity index (χ4n) is 1.53. The largest absolute Gasteiger partial charge is 0.466 e. The van der Waals surface area contributed by atoms with Crippen molar-refractivity contribution >= 4 is 11.7 Å². The average molecular weight is 259 g/mol. The van der Waals surface area contributed by atoms with Crippen LogP contribution in [-0.4, -0.2) is 17.6 Å². The predicted molar refractivity (Wildman–Crippen MR) is 61.8 cm³/mol. The van der Waals surface area contributed by atoms with E-state index >= 15 is 0 Å². The maximum atomic E-state index is 12.9. The van der Waals surface area contributed by atoms with Crippen LogP contribution in [0.25, 0.3) is 0 Å². The summed E-state index contributed by atoms with van der Waals surface area (Å²) in [6.45, 7) is 1.86. The summed E-state index contributed by atoms with van der Waals surface area (Å²) in [5.41, 5.74) is 10.6. The van der Waals surface area contributed by atoms with Crippen LogP contribution in [0.15, 0.2) is 6.07 Å². The van der Waals surface area contributed by atoms with Gasteiger partial charge in [0.05, 0.1) is 30.0 Å². The Morgan fingerprint density at radius 3 is 2.72 bits per heavy atom. The molecule has 0 saturated carbocycles. The monoisotopic (exact) mass is 259 g/mol. The molecular formula is C11H15F2N3O2. The minimum absolute atomic E-state index is 0.0591. The highest BCUT2D eigenvalue weighted by molar-refractivity contribution is 5.73. The molecule has 0 aliphatic carbocycles. The smallest absolute Gasteiger partial charge is 0.311 e. The lowest BCUT2D eigenvalue weighted by Gasteiger charge is -2.12. The zero-order valence-corrected chi connectivity index (χ0v) is 9.95. The Morgan fingerprint density at radius 1 is 1.56 bits per heavy atom. The fraction of sp³-hybridized carbons (Fsp3) is 0.455. The van der Waals surface area contributed by atoms with Crippen LogP contribution in [0.4, 0.5) is 14.5 Å². The molecule has 1 aromatic heterocycles. The molecule has 0 aromatic carbocycles. The van der Waals surface area contributed by atoms with Crippen molar-refractivity contribution in [3.63, 3.8) is 0 Å². The van der Waals surface area contributed by atoms with Crippen molar-refractivity contribution in [3.05, 3.63) is 23.0 Å². The number of nitrogens with two attached hydrogens (primary N) is 2. The van der Waals surface area contributed by atoms with E-state index in [1.165, 1.54) is 6.07 Å². The second kappa shape index (κ2) is 6.25. The van der Waals surface area contributed by atoms with Gasteiger partial charge in [-0.3, -0.25) is 9.78 Å². The number of carbonyl (C=O) groups is 1. The summed E-state index contributed by atoms with van der Waals surface area (Å²) >= 11 is 0. The number of rotatable bonds is 5. The van der Waals surface area contributed by atoms with Gasteiger partial charge in [-0.25, -0.2) is 8.78 Å². The molecule has 0 radical (unpaired) electrons. The van der Waals surface area contributed by atoms with Crippen molar-refractivity contribution in [2.75, 3.05) is 12.3 Å². The molecule has 1 heterocycles. The molecule has 1 rings (SSSR count). The van der Waals surface area contributed by atoms with Gasteiger partial charge in [-0.1, -0.05) is 0 Å². The first kappa shape index (κ1) is 14.3. The molecule has 0 unspecified atom stereocenters. The van der Waals surface area contributed by atoms with Crippen LogP contribution in [0.2, 0.25) is 0 Å². The van der Waals surface area contributed by atoms with E-state index in [-0.39, 0.29) is 31.0 Å². The van der Waals surface area contributed by atoms with Crippen LogP contribution in [-0.2, 0) is 22.5 Å². The molecule has 0 atom stereocenters. The van der Waals surface area contributed by atoms with Gasteiger partial charge in [0, 0.05) is 12.2 Å². The lowest BCUT2D eigenvalue weighted by molar-refractivity contribution is -0.142. The van der Waals surface area contributed by atoms with Crippen LogP contribution in [0.3, 0.4) is 0 Å². The average Bonchev–Trinajstić information content (AvgIpc) is 2.27. The quantitative estimate of drug-likeness (QED) is 0.774. The number of halogens is 2. The van der Waals surface area contributed by atoms with Gasteiger partial charge in [0.1, 0.15) is 0 Å². The van der Waals surface area contributed by atoms with Crippen LogP contribution in [0.1, 0.15) is 30.3 Å². The van der Waals surface area contributed by atoms with E-state index in [1.807, 2.05) is 0 Å². The molecule has 0 spiro atoms. The van der Waals surface area contributed by atoms with Gasteiger partial charge in [-0.2, -0.15) is 0 Å². The Labute approximate surface area is 103 Å². The maximum Gasteiger partial charge on any atom is 0.311 e. The third kappa shape index (κ3) is 3.36. The van der Waals surface area contributed by atoms with Crippen molar-refractivity contribution in [1.82, 2.24) is 4.98 Å². The molecule has 7 heteroatoms. The lowest BCUT2D eigenvalue weighted by Crippen LogP contribution is -2.14. The fourth-order valence-corrected chi connectivity index (χ4v) is 1.53. The molecule has 0 bridgehead atoms. The zero-order chi connectivity index (χ0) is 13.7. The number of hydrogen-bond donors (Lipinski definition) is 2. The first-order chi connectivity index (χ1) is 8.49. The van der Waals surface area contributed by atoms with Gasteiger partial charge < -0.3 is 16.2 Å². The number of carbonyl (C=O) groups excluding carboxylic acids is 1. The van der Waals surface area contributed by atoms with Crippen LogP contribution >= 0.6 is 0 Å².